The number of Topliss-reactive ketones (excluding diaryl/α,β-unsaturated/α-hetero) is 2. The molecule has 2 saturated carbocycles. The van der Waals surface area contributed by atoms with E-state index in [4.69, 9.17) is 0 Å². The van der Waals surface area contributed by atoms with Crippen LogP contribution >= 0.6 is 0 Å². The molecule has 2 nitrogen and oxygen atoms in total. The molecule has 2 rings (SSSR count). The summed E-state index contributed by atoms with van der Waals surface area (Å²) in [6.45, 7) is 3.71. The van der Waals surface area contributed by atoms with Crippen molar-refractivity contribution in [2.45, 2.75) is 25.7 Å². The van der Waals surface area contributed by atoms with Gasteiger partial charge >= 0.3 is 0 Å². The predicted octanol–water partition coefficient (Wildman–Crippen LogP) is 1.75. The Morgan fingerprint density at radius 2 is 2.08 bits per heavy atom. The standard InChI is InChI=1S/C11H14O2/c1-2-7-5-9(12)6-8-3-4-10(13)11(7)8/h2,7-8,11H,1,3-6H2/t7-,8-,11+/m0/s1. The summed E-state index contributed by atoms with van der Waals surface area (Å²) in [6.07, 6.45) is 4.54. The van der Waals surface area contributed by atoms with Crippen LogP contribution in [0.2, 0.25) is 0 Å². The number of hydrogen-bond donors (Lipinski definition) is 0. The van der Waals surface area contributed by atoms with Gasteiger partial charge in [0.1, 0.15) is 11.6 Å². The van der Waals surface area contributed by atoms with Crippen LogP contribution in [-0.2, 0) is 9.59 Å². The normalized spacial score (nSPS) is 38.9. The first kappa shape index (κ1) is 8.67. The smallest absolute Gasteiger partial charge is 0.136 e. The SMILES string of the molecule is C=C[C@H]1CC(=O)C[C@@H]2CCC(=O)[C@@H]21. The maximum absolute atomic E-state index is 11.5. The summed E-state index contributed by atoms with van der Waals surface area (Å²) >= 11 is 0. The van der Waals surface area contributed by atoms with E-state index in [9.17, 15) is 9.59 Å². The number of carbonyl (C=O) groups is 2. The van der Waals surface area contributed by atoms with Gasteiger partial charge in [0.05, 0.1) is 0 Å². The maximum Gasteiger partial charge on any atom is 0.136 e. The van der Waals surface area contributed by atoms with Gasteiger partial charge in [-0.2, -0.15) is 0 Å². The van der Waals surface area contributed by atoms with Crippen LogP contribution in [0.5, 0.6) is 0 Å². The van der Waals surface area contributed by atoms with Crippen molar-refractivity contribution in [1.82, 2.24) is 0 Å². The Morgan fingerprint density at radius 1 is 1.31 bits per heavy atom. The molecule has 2 fully saturated rings. The van der Waals surface area contributed by atoms with Crippen molar-refractivity contribution in [3.05, 3.63) is 12.7 Å². The van der Waals surface area contributed by atoms with Crippen LogP contribution in [0.3, 0.4) is 0 Å². The van der Waals surface area contributed by atoms with Gasteiger partial charge in [-0.1, -0.05) is 6.08 Å². The first-order valence-corrected chi connectivity index (χ1v) is 4.89. The largest absolute Gasteiger partial charge is 0.300 e. The summed E-state index contributed by atoms with van der Waals surface area (Å²) in [4.78, 5) is 22.8. The highest BCUT2D eigenvalue weighted by Crippen LogP contribution is 2.42. The molecule has 2 aliphatic carbocycles. The molecule has 0 aromatic carbocycles. The molecule has 70 valence electrons. The molecule has 0 aliphatic heterocycles. The molecule has 0 aromatic rings. The van der Waals surface area contributed by atoms with Gasteiger partial charge in [-0.05, 0) is 18.3 Å². The molecule has 0 aromatic heterocycles. The summed E-state index contributed by atoms with van der Waals surface area (Å²) < 4.78 is 0. The first-order chi connectivity index (χ1) is 6.22. The molecule has 0 N–H and O–H groups in total. The Hall–Kier alpha value is -0.920. The third-order valence-corrected chi connectivity index (χ3v) is 3.36. The minimum atomic E-state index is 0.121. The molecule has 3 atom stereocenters. The molecule has 0 saturated heterocycles. The molecular weight excluding hydrogens is 164 g/mol. The third kappa shape index (κ3) is 1.34. The molecule has 0 heterocycles. The maximum atomic E-state index is 11.5. The van der Waals surface area contributed by atoms with Gasteiger partial charge in [0.2, 0.25) is 0 Å². The van der Waals surface area contributed by atoms with Crippen LogP contribution in [0.25, 0.3) is 0 Å². The third-order valence-electron chi connectivity index (χ3n) is 3.36. The quantitative estimate of drug-likeness (QED) is 0.573. The fourth-order valence-electron chi connectivity index (χ4n) is 2.75. The second kappa shape index (κ2) is 3.09. The van der Waals surface area contributed by atoms with Crippen LogP contribution in [-0.4, -0.2) is 11.6 Å². The monoisotopic (exact) mass is 178 g/mol. The van der Waals surface area contributed by atoms with Gasteiger partial charge in [0, 0.05) is 25.2 Å². The minimum absolute atomic E-state index is 0.121. The molecule has 2 heteroatoms. The zero-order valence-corrected chi connectivity index (χ0v) is 7.66. The lowest BCUT2D eigenvalue weighted by atomic mass is 9.73. The van der Waals surface area contributed by atoms with E-state index in [0.717, 1.165) is 6.42 Å². The van der Waals surface area contributed by atoms with Gasteiger partial charge < -0.3 is 0 Å². The van der Waals surface area contributed by atoms with Crippen LogP contribution < -0.4 is 0 Å². The molecule has 0 unspecified atom stereocenters. The molecular formula is C11H14O2. The second-order valence-corrected chi connectivity index (χ2v) is 4.14. The van der Waals surface area contributed by atoms with Gasteiger partial charge in [0.25, 0.3) is 0 Å². The van der Waals surface area contributed by atoms with Gasteiger partial charge in [-0.25, -0.2) is 0 Å². The fourth-order valence-corrected chi connectivity index (χ4v) is 2.75. The van der Waals surface area contributed by atoms with Gasteiger partial charge in [-0.15, -0.1) is 6.58 Å². The highest BCUT2D eigenvalue weighted by molar-refractivity contribution is 5.89. The van der Waals surface area contributed by atoms with Crippen LogP contribution in [0.1, 0.15) is 25.7 Å². The summed E-state index contributed by atoms with van der Waals surface area (Å²) in [5.74, 6) is 1.23. The van der Waals surface area contributed by atoms with Crippen LogP contribution in [0.15, 0.2) is 12.7 Å². The molecule has 13 heavy (non-hydrogen) atoms. The molecule has 0 radical (unpaired) electrons. The van der Waals surface area contributed by atoms with Crippen molar-refractivity contribution in [1.29, 1.82) is 0 Å². The van der Waals surface area contributed by atoms with E-state index in [1.54, 1.807) is 6.08 Å². The Labute approximate surface area is 78.0 Å². The Bertz CT molecular complexity index is 267. The molecule has 0 bridgehead atoms. The predicted molar refractivity (Wildman–Crippen MR) is 49.1 cm³/mol. The van der Waals surface area contributed by atoms with E-state index in [0.29, 0.717) is 36.7 Å². The number of hydrogen-bond acceptors (Lipinski definition) is 2. The van der Waals surface area contributed by atoms with Crippen molar-refractivity contribution in [3.8, 4) is 0 Å². The van der Waals surface area contributed by atoms with E-state index in [2.05, 4.69) is 6.58 Å². The number of ketones is 2. The average Bonchev–Trinajstić information content (AvgIpc) is 2.46. The van der Waals surface area contributed by atoms with Crippen molar-refractivity contribution >= 4 is 11.6 Å². The Balaban J connectivity index is 2.23. The van der Waals surface area contributed by atoms with Gasteiger partial charge in [0.15, 0.2) is 0 Å². The highest BCUT2D eigenvalue weighted by Gasteiger charge is 2.43. The second-order valence-electron chi connectivity index (χ2n) is 4.14. The van der Waals surface area contributed by atoms with Gasteiger partial charge in [-0.3, -0.25) is 9.59 Å². The van der Waals surface area contributed by atoms with Crippen molar-refractivity contribution in [2.75, 3.05) is 0 Å². The van der Waals surface area contributed by atoms with Crippen molar-refractivity contribution in [2.24, 2.45) is 17.8 Å². The lowest BCUT2D eigenvalue weighted by Crippen LogP contribution is -2.32. The lowest BCUT2D eigenvalue weighted by Gasteiger charge is -2.29. The van der Waals surface area contributed by atoms with Crippen LogP contribution in [0.4, 0.5) is 0 Å². The van der Waals surface area contributed by atoms with E-state index < -0.39 is 0 Å². The summed E-state index contributed by atoms with van der Waals surface area (Å²) in [7, 11) is 0. The summed E-state index contributed by atoms with van der Waals surface area (Å²) in [5.41, 5.74) is 0. The zero-order valence-electron chi connectivity index (χ0n) is 7.66. The Morgan fingerprint density at radius 3 is 2.77 bits per heavy atom. The Kier molecular flexibility index (Phi) is 2.06. The van der Waals surface area contributed by atoms with Crippen LogP contribution in [0, 0.1) is 17.8 Å². The topological polar surface area (TPSA) is 34.1 Å². The number of allylic oxidation sites excluding steroid dienone is 1. The summed E-state index contributed by atoms with van der Waals surface area (Å²) in [6, 6.07) is 0. The fraction of sp³-hybridized carbons (Fsp3) is 0.636. The van der Waals surface area contributed by atoms with E-state index in [1.165, 1.54) is 0 Å². The van der Waals surface area contributed by atoms with E-state index >= 15 is 0 Å². The first-order valence-electron chi connectivity index (χ1n) is 4.89. The number of fused-ring (bicyclic) bond motifs is 1. The molecule has 0 spiro atoms. The van der Waals surface area contributed by atoms with Crippen molar-refractivity contribution in [3.63, 3.8) is 0 Å². The molecule has 2 aliphatic rings. The summed E-state index contributed by atoms with van der Waals surface area (Å²) in [5, 5.41) is 0. The average molecular weight is 178 g/mol. The van der Waals surface area contributed by atoms with E-state index in [1.807, 2.05) is 0 Å². The number of carbonyl (C=O) groups excluding carboxylic acids is 2. The zero-order chi connectivity index (χ0) is 9.42. The van der Waals surface area contributed by atoms with Crippen molar-refractivity contribution < 1.29 is 9.59 Å². The number of rotatable bonds is 1. The van der Waals surface area contributed by atoms with E-state index in [-0.39, 0.29) is 11.8 Å². The highest BCUT2D eigenvalue weighted by atomic mass is 16.1. The molecule has 0 amide bonds. The minimum Gasteiger partial charge on any atom is -0.300 e. The lowest BCUT2D eigenvalue weighted by molar-refractivity contribution is -0.128.